The van der Waals surface area contributed by atoms with Crippen molar-refractivity contribution in [1.82, 2.24) is 25.5 Å². The Morgan fingerprint density at radius 1 is 0.906 bits per heavy atom. The monoisotopic (exact) mass is 436 g/mol. The molecule has 6 nitrogen and oxygen atoms in total. The summed E-state index contributed by atoms with van der Waals surface area (Å²) in [7, 11) is 0. The molecule has 0 aromatic carbocycles. The minimum atomic E-state index is 0.346. The van der Waals surface area contributed by atoms with Gasteiger partial charge in [0, 0.05) is 93.8 Å². The molecule has 2 atom stereocenters. The number of nitrogens with zero attached hydrogens (tertiary/aromatic N) is 4. The number of hydrogen-bond acceptors (Lipinski definition) is 6. The van der Waals surface area contributed by atoms with Crippen LogP contribution in [0.2, 0.25) is 0 Å². The van der Waals surface area contributed by atoms with Gasteiger partial charge in [0.25, 0.3) is 0 Å². The second-order valence-corrected chi connectivity index (χ2v) is 9.51. The first kappa shape index (κ1) is 23.1. The van der Waals surface area contributed by atoms with Gasteiger partial charge >= 0.3 is 0 Å². The number of hydrogen-bond donors (Lipinski definition) is 2. The largest absolute Gasteiger partial charge is 0.369 e. The average Bonchev–Trinajstić information content (AvgIpc) is 2.85. The van der Waals surface area contributed by atoms with Crippen molar-refractivity contribution in [2.75, 3.05) is 57.3 Å². The molecular formula is C26H40N6. The summed E-state index contributed by atoms with van der Waals surface area (Å²) < 4.78 is 0. The number of anilines is 1. The van der Waals surface area contributed by atoms with E-state index in [0.29, 0.717) is 11.8 Å². The van der Waals surface area contributed by atoms with Crippen LogP contribution >= 0.6 is 0 Å². The third-order valence-corrected chi connectivity index (χ3v) is 6.97. The molecule has 2 aliphatic heterocycles. The van der Waals surface area contributed by atoms with E-state index in [-0.39, 0.29) is 0 Å². The second kappa shape index (κ2) is 11.2. The minimum absolute atomic E-state index is 0.346. The van der Waals surface area contributed by atoms with E-state index in [1.807, 2.05) is 0 Å². The quantitative estimate of drug-likeness (QED) is 0.663. The molecule has 2 aromatic rings. The van der Waals surface area contributed by atoms with Crippen LogP contribution in [0, 0.1) is 0 Å². The summed E-state index contributed by atoms with van der Waals surface area (Å²) >= 11 is 0. The third kappa shape index (κ3) is 6.06. The Morgan fingerprint density at radius 2 is 1.62 bits per heavy atom. The summed E-state index contributed by atoms with van der Waals surface area (Å²) in [6.07, 6.45) is 4.11. The molecule has 0 aliphatic carbocycles. The molecule has 2 unspecified atom stereocenters. The van der Waals surface area contributed by atoms with E-state index in [9.17, 15) is 0 Å². The zero-order chi connectivity index (χ0) is 22.3. The first-order valence-electron chi connectivity index (χ1n) is 12.5. The van der Waals surface area contributed by atoms with Gasteiger partial charge in [0.15, 0.2) is 0 Å². The van der Waals surface area contributed by atoms with Gasteiger partial charge < -0.3 is 15.5 Å². The van der Waals surface area contributed by atoms with E-state index in [1.54, 1.807) is 0 Å². The van der Waals surface area contributed by atoms with Gasteiger partial charge in [-0.25, -0.2) is 0 Å². The molecule has 4 heterocycles. The number of pyridine rings is 2. The molecule has 2 fully saturated rings. The minimum Gasteiger partial charge on any atom is -0.369 e. The maximum Gasteiger partial charge on any atom is 0.0455 e. The molecule has 0 amide bonds. The maximum atomic E-state index is 5.08. The number of rotatable bonds is 8. The fourth-order valence-electron chi connectivity index (χ4n) is 4.63. The van der Waals surface area contributed by atoms with Crippen molar-refractivity contribution in [3.8, 4) is 0 Å². The standard InChI is InChI=1S/C26H40N6/c1-4-20(2)26-17-24(32-13-9-28-10-14-32)16-23(30-26)15-21(3)25-6-5-22(18-29-25)19-31-11-7-27-8-12-31/h5-6,16-18,20-21,27-28H,4,7-15,19H2,1-3H3. The molecule has 0 bridgehead atoms. The molecule has 0 saturated carbocycles. The molecule has 4 rings (SSSR count). The summed E-state index contributed by atoms with van der Waals surface area (Å²) in [6.45, 7) is 16.4. The Kier molecular flexibility index (Phi) is 8.11. The third-order valence-electron chi connectivity index (χ3n) is 6.97. The summed E-state index contributed by atoms with van der Waals surface area (Å²) in [5.41, 5.74) is 6.22. The van der Waals surface area contributed by atoms with E-state index in [1.165, 1.54) is 22.6 Å². The second-order valence-electron chi connectivity index (χ2n) is 9.51. The van der Waals surface area contributed by atoms with Crippen molar-refractivity contribution >= 4 is 5.69 Å². The van der Waals surface area contributed by atoms with Gasteiger partial charge in [-0.1, -0.05) is 26.8 Å². The lowest BCUT2D eigenvalue weighted by molar-refractivity contribution is 0.233. The molecular weight excluding hydrogens is 396 g/mol. The normalized spacial score (nSPS) is 19.7. The highest BCUT2D eigenvalue weighted by atomic mass is 15.2. The molecule has 2 saturated heterocycles. The van der Waals surface area contributed by atoms with E-state index in [4.69, 9.17) is 9.97 Å². The summed E-state index contributed by atoms with van der Waals surface area (Å²) in [6, 6.07) is 9.11. The van der Waals surface area contributed by atoms with Gasteiger partial charge in [-0.2, -0.15) is 0 Å². The number of piperazine rings is 2. The fourth-order valence-corrected chi connectivity index (χ4v) is 4.63. The van der Waals surface area contributed by atoms with Gasteiger partial charge in [0.1, 0.15) is 0 Å². The van der Waals surface area contributed by atoms with Gasteiger partial charge in [-0.05, 0) is 42.5 Å². The molecule has 2 aliphatic rings. The zero-order valence-corrected chi connectivity index (χ0v) is 20.1. The SMILES string of the molecule is CCC(C)c1cc(N2CCNCC2)cc(CC(C)c2ccc(CN3CCNCC3)cn2)n1. The molecule has 6 heteroatoms. The van der Waals surface area contributed by atoms with Crippen molar-refractivity contribution in [2.24, 2.45) is 0 Å². The lowest BCUT2D eigenvalue weighted by Crippen LogP contribution is -2.43. The highest BCUT2D eigenvalue weighted by Gasteiger charge is 2.17. The predicted octanol–water partition coefficient (Wildman–Crippen LogP) is 3.15. The van der Waals surface area contributed by atoms with E-state index in [0.717, 1.165) is 77.4 Å². The van der Waals surface area contributed by atoms with Crippen molar-refractivity contribution < 1.29 is 0 Å². The lowest BCUT2D eigenvalue weighted by atomic mass is 9.98. The first-order valence-corrected chi connectivity index (χ1v) is 12.5. The van der Waals surface area contributed by atoms with Crippen LogP contribution in [0.25, 0.3) is 0 Å². The topological polar surface area (TPSA) is 56.3 Å². The fraction of sp³-hybridized carbons (Fsp3) is 0.615. The van der Waals surface area contributed by atoms with E-state index >= 15 is 0 Å². The maximum absolute atomic E-state index is 5.08. The lowest BCUT2D eigenvalue weighted by Gasteiger charge is -2.30. The molecule has 0 radical (unpaired) electrons. The summed E-state index contributed by atoms with van der Waals surface area (Å²) in [5, 5.41) is 6.88. The van der Waals surface area contributed by atoms with Crippen LogP contribution in [0.5, 0.6) is 0 Å². The van der Waals surface area contributed by atoms with Crippen molar-refractivity contribution in [3.05, 3.63) is 53.1 Å². The number of nitrogens with one attached hydrogen (secondary N) is 2. The van der Waals surface area contributed by atoms with Crippen molar-refractivity contribution in [2.45, 2.75) is 52.0 Å². The van der Waals surface area contributed by atoms with Crippen LogP contribution < -0.4 is 15.5 Å². The Balaban J connectivity index is 1.45. The highest BCUT2D eigenvalue weighted by molar-refractivity contribution is 5.49. The molecule has 2 aromatic heterocycles. The van der Waals surface area contributed by atoms with Crippen LogP contribution in [0.4, 0.5) is 5.69 Å². The zero-order valence-electron chi connectivity index (χ0n) is 20.1. The Hall–Kier alpha value is -2.02. The summed E-state index contributed by atoms with van der Waals surface area (Å²) in [5.74, 6) is 0.827. The first-order chi connectivity index (χ1) is 15.6. The average molecular weight is 437 g/mol. The smallest absolute Gasteiger partial charge is 0.0455 e. The Bertz CT molecular complexity index is 840. The van der Waals surface area contributed by atoms with Crippen LogP contribution in [0.15, 0.2) is 30.5 Å². The van der Waals surface area contributed by atoms with Crippen LogP contribution in [-0.2, 0) is 13.0 Å². The van der Waals surface area contributed by atoms with Crippen molar-refractivity contribution in [3.63, 3.8) is 0 Å². The van der Waals surface area contributed by atoms with Crippen LogP contribution in [-0.4, -0.2) is 67.2 Å². The molecule has 32 heavy (non-hydrogen) atoms. The van der Waals surface area contributed by atoms with Gasteiger partial charge in [-0.3, -0.25) is 14.9 Å². The molecule has 0 spiro atoms. The van der Waals surface area contributed by atoms with Crippen molar-refractivity contribution in [1.29, 1.82) is 0 Å². The van der Waals surface area contributed by atoms with Crippen LogP contribution in [0.3, 0.4) is 0 Å². The Morgan fingerprint density at radius 3 is 2.28 bits per heavy atom. The van der Waals surface area contributed by atoms with Crippen LogP contribution in [0.1, 0.15) is 61.7 Å². The van der Waals surface area contributed by atoms with Gasteiger partial charge in [0.2, 0.25) is 0 Å². The van der Waals surface area contributed by atoms with Gasteiger partial charge in [-0.15, -0.1) is 0 Å². The highest BCUT2D eigenvalue weighted by Crippen LogP contribution is 2.27. The molecule has 174 valence electrons. The van der Waals surface area contributed by atoms with E-state index < -0.39 is 0 Å². The summed E-state index contributed by atoms with van der Waals surface area (Å²) in [4.78, 5) is 14.9. The molecule has 2 N–H and O–H groups in total. The Labute approximate surface area is 193 Å². The van der Waals surface area contributed by atoms with E-state index in [2.05, 4.69) is 71.7 Å². The predicted molar refractivity (Wildman–Crippen MR) is 133 cm³/mol. The number of aromatic nitrogens is 2. The van der Waals surface area contributed by atoms with Gasteiger partial charge in [0.05, 0.1) is 0 Å².